The lowest BCUT2D eigenvalue weighted by Crippen LogP contribution is -2.30. The van der Waals surface area contributed by atoms with Crippen LogP contribution < -0.4 is 10.6 Å². The molecule has 0 aromatic carbocycles. The number of carbonyl (C=O) groups excluding carboxylic acids is 2. The summed E-state index contributed by atoms with van der Waals surface area (Å²) in [6.07, 6.45) is 3.41. The van der Waals surface area contributed by atoms with Gasteiger partial charge in [-0.3, -0.25) is 9.59 Å². The Morgan fingerprint density at radius 1 is 1.28 bits per heavy atom. The van der Waals surface area contributed by atoms with Crippen molar-refractivity contribution in [1.82, 2.24) is 10.6 Å². The van der Waals surface area contributed by atoms with Gasteiger partial charge >= 0.3 is 0 Å². The Morgan fingerprint density at radius 2 is 1.89 bits per heavy atom. The van der Waals surface area contributed by atoms with E-state index in [4.69, 9.17) is 4.74 Å². The Morgan fingerprint density at radius 3 is 2.44 bits per heavy atom. The minimum Gasteiger partial charge on any atom is -0.357 e. The zero-order valence-electron chi connectivity index (χ0n) is 10.6. The molecule has 106 valence electrons. The first-order valence-corrected chi connectivity index (χ1v) is 8.76. The molecule has 0 spiro atoms. The lowest BCUT2D eigenvalue weighted by molar-refractivity contribution is -0.125. The third-order valence-corrected chi connectivity index (χ3v) is 3.82. The van der Waals surface area contributed by atoms with Crippen molar-refractivity contribution in [1.29, 1.82) is 0 Å². The minimum atomic E-state index is -0.127. The van der Waals surface area contributed by atoms with E-state index in [1.54, 1.807) is 6.26 Å². The van der Waals surface area contributed by atoms with Crippen LogP contribution in [0, 0.1) is 0 Å². The van der Waals surface area contributed by atoms with Gasteiger partial charge in [0, 0.05) is 13.1 Å². The van der Waals surface area contributed by atoms with Crippen molar-refractivity contribution >= 4 is 45.4 Å². The number of hydrogen-bond acceptors (Lipinski definition) is 6. The number of nitrogens with one attached hydrogen (secondary N) is 2. The quantitative estimate of drug-likeness (QED) is 0.263. The zero-order chi connectivity index (χ0) is 13.8. The maximum absolute atomic E-state index is 11.3. The summed E-state index contributed by atoms with van der Waals surface area (Å²) >= 11 is 5.14. The summed E-state index contributed by atoms with van der Waals surface area (Å²) in [5.74, 6) is -0.127. The van der Waals surface area contributed by atoms with Crippen LogP contribution in [0.25, 0.3) is 0 Å². The largest absolute Gasteiger partial charge is 0.357 e. The molecular formula is C10H20N2O3S3. The van der Waals surface area contributed by atoms with Crippen molar-refractivity contribution in [2.24, 2.45) is 0 Å². The first kappa shape index (κ1) is 17.9. The molecule has 5 nitrogen and oxygen atoms in total. The van der Waals surface area contributed by atoms with Gasteiger partial charge in [0.15, 0.2) is 0 Å². The van der Waals surface area contributed by atoms with Gasteiger partial charge in [-0.1, -0.05) is 22.6 Å². The van der Waals surface area contributed by atoms with Crippen LogP contribution in [0.1, 0.15) is 19.8 Å². The van der Waals surface area contributed by atoms with Crippen LogP contribution in [0.15, 0.2) is 0 Å². The van der Waals surface area contributed by atoms with Crippen LogP contribution in [-0.4, -0.2) is 42.5 Å². The van der Waals surface area contributed by atoms with E-state index in [0.717, 1.165) is 24.6 Å². The number of thioether (sulfide) groups is 1. The number of hydrogen-bond donors (Lipinski definition) is 3. The molecule has 0 aliphatic carbocycles. The van der Waals surface area contributed by atoms with Crippen LogP contribution in [0.2, 0.25) is 0 Å². The molecule has 0 fully saturated rings. The molecule has 2 N–H and O–H groups in total. The van der Waals surface area contributed by atoms with Gasteiger partial charge in [0.1, 0.15) is 12.0 Å². The van der Waals surface area contributed by atoms with E-state index in [1.165, 1.54) is 10.8 Å². The first-order valence-electron chi connectivity index (χ1n) is 5.60. The predicted octanol–water partition coefficient (Wildman–Crippen LogP) is 1.90. The summed E-state index contributed by atoms with van der Waals surface area (Å²) in [4.78, 5) is 22.2. The summed E-state index contributed by atoms with van der Waals surface area (Å²) < 4.78 is 5.19. The topological polar surface area (TPSA) is 67.4 Å². The van der Waals surface area contributed by atoms with E-state index in [-0.39, 0.29) is 23.2 Å². The average molecular weight is 312 g/mol. The highest BCUT2D eigenvalue weighted by Crippen LogP contribution is 2.14. The Balaban J connectivity index is 3.33. The second-order valence-electron chi connectivity index (χ2n) is 3.46. The van der Waals surface area contributed by atoms with E-state index in [0.29, 0.717) is 13.1 Å². The van der Waals surface area contributed by atoms with Gasteiger partial charge in [-0.25, -0.2) is 0 Å². The zero-order valence-corrected chi connectivity index (χ0v) is 13.1. The van der Waals surface area contributed by atoms with Crippen LogP contribution in [0.5, 0.6) is 0 Å². The Labute approximate surface area is 121 Å². The number of thiol groups is 1. The normalized spacial score (nSPS) is 11.9. The fourth-order valence-electron chi connectivity index (χ4n) is 1.01. The van der Waals surface area contributed by atoms with Crippen molar-refractivity contribution in [2.75, 3.05) is 26.0 Å². The second kappa shape index (κ2) is 12.0. The molecule has 0 saturated carbocycles. The predicted molar refractivity (Wildman–Crippen MR) is 81.1 cm³/mol. The smallest absolute Gasteiger partial charge is 0.278 e. The van der Waals surface area contributed by atoms with Crippen molar-refractivity contribution < 1.29 is 14.3 Å². The molecule has 0 saturated heterocycles. The molecule has 0 aliphatic heterocycles. The van der Waals surface area contributed by atoms with Gasteiger partial charge in [-0.15, -0.1) is 11.7 Å². The lowest BCUT2D eigenvalue weighted by atomic mass is 10.3. The highest BCUT2D eigenvalue weighted by Gasteiger charge is 2.04. The fourth-order valence-corrected chi connectivity index (χ4v) is 1.57. The highest BCUT2D eigenvalue weighted by molar-refractivity contribution is 8.68. The van der Waals surface area contributed by atoms with Gasteiger partial charge in [0.05, 0.1) is 0 Å². The van der Waals surface area contributed by atoms with Crippen molar-refractivity contribution in [3.05, 3.63) is 0 Å². The summed E-state index contributed by atoms with van der Waals surface area (Å²) in [5, 5.41) is 5.47. The molecule has 18 heavy (non-hydrogen) atoms. The third kappa shape index (κ3) is 11.1. The number of amides is 2. The van der Waals surface area contributed by atoms with Crippen molar-refractivity contribution in [3.8, 4) is 0 Å². The summed E-state index contributed by atoms with van der Waals surface area (Å²) in [7, 11) is 1.26. The average Bonchev–Trinajstić information content (AvgIpc) is 2.39. The van der Waals surface area contributed by atoms with E-state index in [9.17, 15) is 9.59 Å². The van der Waals surface area contributed by atoms with Gasteiger partial charge in [-0.05, 0) is 26.0 Å². The molecule has 0 heterocycles. The van der Waals surface area contributed by atoms with E-state index >= 15 is 0 Å². The van der Waals surface area contributed by atoms with Crippen molar-refractivity contribution in [2.45, 2.75) is 25.2 Å². The molecule has 8 heteroatoms. The second-order valence-corrected chi connectivity index (χ2v) is 5.75. The van der Waals surface area contributed by atoms with E-state index in [2.05, 4.69) is 22.3 Å². The van der Waals surface area contributed by atoms with E-state index in [1.807, 2.05) is 6.92 Å². The van der Waals surface area contributed by atoms with Gasteiger partial charge < -0.3 is 15.4 Å². The number of ether oxygens (including phenoxy) is 1. The van der Waals surface area contributed by atoms with Crippen LogP contribution in [-0.2, 0) is 9.53 Å². The molecule has 0 aromatic heterocycles. The van der Waals surface area contributed by atoms with Crippen LogP contribution >= 0.6 is 34.2 Å². The molecule has 0 aromatic rings. The monoisotopic (exact) mass is 312 g/mol. The molecule has 0 radical (unpaired) electrons. The minimum absolute atomic E-state index is 0.0225. The summed E-state index contributed by atoms with van der Waals surface area (Å²) in [6, 6.07) is 0. The number of rotatable bonds is 9. The van der Waals surface area contributed by atoms with Gasteiger partial charge in [0.25, 0.3) is 5.24 Å². The van der Waals surface area contributed by atoms with Crippen molar-refractivity contribution in [3.63, 3.8) is 0 Å². The number of unbranched alkanes of at least 4 members (excludes halogenated alkanes) is 1. The Bertz CT molecular complexity index is 255. The Hall–Kier alpha value is -0.0500. The first-order chi connectivity index (χ1) is 8.60. The lowest BCUT2D eigenvalue weighted by Gasteiger charge is -2.09. The summed E-state index contributed by atoms with van der Waals surface area (Å²) in [6.45, 7) is 3.12. The van der Waals surface area contributed by atoms with Crippen LogP contribution in [0.4, 0.5) is 4.79 Å². The molecule has 0 rings (SSSR count). The fraction of sp³-hybridized carbons (Fsp3) is 0.800. The van der Waals surface area contributed by atoms with Gasteiger partial charge in [-0.2, -0.15) is 0 Å². The third-order valence-electron chi connectivity index (χ3n) is 1.98. The SMILES string of the molecule is CSC(=O)NCCCCNC(=O)COC(C)SS. The maximum atomic E-state index is 11.3. The summed E-state index contributed by atoms with van der Waals surface area (Å²) in [5.41, 5.74) is -0.0964. The standard InChI is InChI=1S/C10H20N2O3S3/c1-8(18-16)15-7-9(13)11-5-3-4-6-12-10(14)17-2/h8,16H,3-7H2,1-2H3,(H,11,13)(H,12,14). The molecule has 1 atom stereocenters. The van der Waals surface area contributed by atoms with E-state index < -0.39 is 0 Å². The Kier molecular flexibility index (Phi) is 12.0. The molecule has 2 amide bonds. The van der Waals surface area contributed by atoms with Crippen LogP contribution in [0.3, 0.4) is 0 Å². The molecule has 0 aliphatic rings. The number of carbonyl (C=O) groups is 2. The molecule has 0 bridgehead atoms. The van der Waals surface area contributed by atoms with Gasteiger partial charge in [0.2, 0.25) is 5.91 Å². The molecule has 1 unspecified atom stereocenters. The maximum Gasteiger partial charge on any atom is 0.278 e. The highest BCUT2D eigenvalue weighted by atomic mass is 33.1. The molecular weight excluding hydrogens is 292 g/mol.